The maximum Gasteiger partial charge on any atom is 0.262 e. The van der Waals surface area contributed by atoms with Crippen molar-refractivity contribution >= 4 is 11.8 Å². The molecule has 6 heteroatoms. The molecule has 0 bridgehead atoms. The van der Waals surface area contributed by atoms with Crippen LogP contribution in [0.5, 0.6) is 0 Å². The molecule has 22 heavy (non-hydrogen) atoms. The number of carbonyl (C=O) groups excluding carboxylic acids is 2. The molecule has 1 aliphatic carbocycles. The molecule has 0 N–H and O–H groups in total. The first-order chi connectivity index (χ1) is 10.6. The van der Waals surface area contributed by atoms with E-state index in [1.54, 1.807) is 24.3 Å². The summed E-state index contributed by atoms with van der Waals surface area (Å²) in [5.74, 6) is -0.450. The second-order valence-electron chi connectivity index (χ2n) is 5.63. The van der Waals surface area contributed by atoms with E-state index in [0.717, 1.165) is 12.8 Å². The number of nitrogens with zero attached hydrogens (tertiary/aromatic N) is 1. The van der Waals surface area contributed by atoms with Crippen LogP contribution < -0.4 is 0 Å². The number of amides is 2. The zero-order chi connectivity index (χ0) is 15.7. The lowest BCUT2D eigenvalue weighted by Crippen LogP contribution is -2.45. The number of methoxy groups -OCH3 is 2. The first-order valence-corrected chi connectivity index (χ1v) is 7.24. The summed E-state index contributed by atoms with van der Waals surface area (Å²) in [5.41, 5.74) is 0.440. The number of ether oxygens (including phenoxy) is 3. The summed E-state index contributed by atoms with van der Waals surface area (Å²) in [6.45, 7) is 0.569. The van der Waals surface area contributed by atoms with Crippen molar-refractivity contribution in [3.63, 3.8) is 0 Å². The molecule has 1 saturated carbocycles. The largest absolute Gasteiger partial charge is 0.374 e. The Bertz CT molecular complexity index is 557. The van der Waals surface area contributed by atoms with E-state index in [2.05, 4.69) is 0 Å². The quantitative estimate of drug-likeness (QED) is 0.563. The van der Waals surface area contributed by atoms with Gasteiger partial charge in [0.05, 0.1) is 29.9 Å². The number of rotatable bonds is 7. The first-order valence-electron chi connectivity index (χ1n) is 7.24. The van der Waals surface area contributed by atoms with Crippen LogP contribution in [0.3, 0.4) is 0 Å². The van der Waals surface area contributed by atoms with Gasteiger partial charge in [0, 0.05) is 14.2 Å². The minimum Gasteiger partial charge on any atom is -0.374 e. The van der Waals surface area contributed by atoms with E-state index in [4.69, 9.17) is 14.2 Å². The molecular weight excluding hydrogens is 286 g/mol. The lowest BCUT2D eigenvalue weighted by atomic mass is 10.1. The van der Waals surface area contributed by atoms with Gasteiger partial charge in [0.2, 0.25) is 0 Å². The summed E-state index contributed by atoms with van der Waals surface area (Å²) in [6, 6.07) is 6.92. The van der Waals surface area contributed by atoms with Crippen molar-refractivity contribution in [2.24, 2.45) is 0 Å². The predicted molar refractivity (Wildman–Crippen MR) is 77.5 cm³/mol. The molecule has 2 amide bonds. The molecule has 6 nitrogen and oxygen atoms in total. The smallest absolute Gasteiger partial charge is 0.262 e. The molecule has 3 rings (SSSR count). The van der Waals surface area contributed by atoms with Gasteiger partial charge in [-0.25, -0.2) is 0 Å². The fourth-order valence-electron chi connectivity index (χ4n) is 2.77. The Labute approximate surface area is 128 Å². The van der Waals surface area contributed by atoms with Crippen molar-refractivity contribution in [1.82, 2.24) is 4.90 Å². The SMILES string of the molecule is COC(COCC1(N2C(=O)c3ccccc3C2=O)CC1)OC. The number of benzene rings is 1. The van der Waals surface area contributed by atoms with Crippen LogP contribution in [0, 0.1) is 0 Å². The third kappa shape index (κ3) is 2.43. The molecule has 1 fully saturated rings. The molecule has 1 heterocycles. The van der Waals surface area contributed by atoms with E-state index in [1.807, 2.05) is 0 Å². The number of hydrogen-bond donors (Lipinski definition) is 0. The monoisotopic (exact) mass is 305 g/mol. The van der Waals surface area contributed by atoms with E-state index >= 15 is 0 Å². The number of fused-ring (bicyclic) bond motifs is 1. The molecule has 118 valence electrons. The Balaban J connectivity index is 1.70. The van der Waals surface area contributed by atoms with E-state index < -0.39 is 11.8 Å². The lowest BCUT2D eigenvalue weighted by Gasteiger charge is -2.26. The summed E-state index contributed by atoms with van der Waals surface area (Å²) in [6.07, 6.45) is 1.09. The Morgan fingerprint density at radius 2 is 1.64 bits per heavy atom. The molecule has 2 aliphatic rings. The van der Waals surface area contributed by atoms with Crippen molar-refractivity contribution < 1.29 is 23.8 Å². The van der Waals surface area contributed by atoms with Crippen LogP contribution >= 0.6 is 0 Å². The predicted octanol–water partition coefficient (Wildman–Crippen LogP) is 1.45. The summed E-state index contributed by atoms with van der Waals surface area (Å²) in [7, 11) is 3.07. The minimum absolute atomic E-state index is 0.225. The van der Waals surface area contributed by atoms with Gasteiger partial charge in [-0.15, -0.1) is 0 Å². The molecule has 0 radical (unpaired) electrons. The Morgan fingerprint density at radius 1 is 1.09 bits per heavy atom. The second kappa shape index (κ2) is 5.79. The van der Waals surface area contributed by atoms with Crippen molar-refractivity contribution in [2.45, 2.75) is 24.7 Å². The van der Waals surface area contributed by atoms with E-state index in [1.165, 1.54) is 19.1 Å². The van der Waals surface area contributed by atoms with Gasteiger partial charge in [-0.2, -0.15) is 0 Å². The molecule has 0 unspecified atom stereocenters. The Morgan fingerprint density at radius 3 is 2.09 bits per heavy atom. The van der Waals surface area contributed by atoms with Crippen molar-refractivity contribution in [3.8, 4) is 0 Å². The van der Waals surface area contributed by atoms with Crippen molar-refractivity contribution in [3.05, 3.63) is 35.4 Å². The maximum atomic E-state index is 12.5. The fourth-order valence-corrected chi connectivity index (χ4v) is 2.77. The number of hydrogen-bond acceptors (Lipinski definition) is 5. The molecule has 1 aliphatic heterocycles. The third-order valence-corrected chi connectivity index (χ3v) is 4.25. The van der Waals surface area contributed by atoms with Gasteiger partial charge in [-0.3, -0.25) is 14.5 Å². The van der Waals surface area contributed by atoms with Crippen LogP contribution in [0.25, 0.3) is 0 Å². The number of carbonyl (C=O) groups is 2. The van der Waals surface area contributed by atoms with E-state index in [-0.39, 0.29) is 18.4 Å². The van der Waals surface area contributed by atoms with Crippen molar-refractivity contribution in [1.29, 1.82) is 0 Å². The first kappa shape index (κ1) is 15.1. The van der Waals surface area contributed by atoms with E-state index in [9.17, 15) is 9.59 Å². The van der Waals surface area contributed by atoms with Crippen LogP contribution in [0.15, 0.2) is 24.3 Å². The summed E-state index contributed by atoms with van der Waals surface area (Å²) >= 11 is 0. The minimum atomic E-state index is -0.515. The van der Waals surface area contributed by atoms with Gasteiger partial charge < -0.3 is 14.2 Å². The fraction of sp³-hybridized carbons (Fsp3) is 0.500. The highest BCUT2D eigenvalue weighted by Gasteiger charge is 2.56. The highest BCUT2D eigenvalue weighted by atomic mass is 16.7. The highest BCUT2D eigenvalue weighted by molar-refractivity contribution is 6.22. The van der Waals surface area contributed by atoms with Gasteiger partial charge >= 0.3 is 0 Å². The average molecular weight is 305 g/mol. The molecular formula is C16H19NO5. The molecule has 1 aromatic rings. The molecule has 0 atom stereocenters. The van der Waals surface area contributed by atoms with E-state index in [0.29, 0.717) is 17.7 Å². The van der Waals surface area contributed by atoms with Crippen LogP contribution in [-0.4, -0.2) is 56.0 Å². The van der Waals surface area contributed by atoms with Gasteiger partial charge in [0.25, 0.3) is 11.8 Å². The number of imide groups is 1. The van der Waals surface area contributed by atoms with Crippen LogP contribution in [0.4, 0.5) is 0 Å². The third-order valence-electron chi connectivity index (χ3n) is 4.25. The summed E-state index contributed by atoms with van der Waals surface area (Å²) < 4.78 is 15.7. The molecule has 0 aromatic heterocycles. The zero-order valence-corrected chi connectivity index (χ0v) is 12.7. The second-order valence-corrected chi connectivity index (χ2v) is 5.63. The Hall–Kier alpha value is -1.76. The Kier molecular flexibility index (Phi) is 3.99. The van der Waals surface area contributed by atoms with Crippen LogP contribution in [-0.2, 0) is 14.2 Å². The summed E-state index contributed by atoms with van der Waals surface area (Å²) in [5, 5.41) is 0. The van der Waals surface area contributed by atoms with Gasteiger partial charge in [-0.05, 0) is 25.0 Å². The zero-order valence-electron chi connectivity index (χ0n) is 12.7. The lowest BCUT2D eigenvalue weighted by molar-refractivity contribution is -0.143. The normalized spacial score (nSPS) is 19.0. The average Bonchev–Trinajstić information content (AvgIpc) is 3.27. The van der Waals surface area contributed by atoms with Crippen LogP contribution in [0.2, 0.25) is 0 Å². The van der Waals surface area contributed by atoms with Gasteiger partial charge in [-0.1, -0.05) is 12.1 Å². The van der Waals surface area contributed by atoms with Gasteiger partial charge in [0.15, 0.2) is 6.29 Å². The highest BCUT2D eigenvalue weighted by Crippen LogP contribution is 2.45. The van der Waals surface area contributed by atoms with Crippen LogP contribution in [0.1, 0.15) is 33.6 Å². The standard InChI is InChI=1S/C16H19NO5/c1-20-13(21-2)9-22-10-16(7-8-16)17-14(18)11-5-3-4-6-12(11)15(17)19/h3-6,13H,7-10H2,1-2H3. The topological polar surface area (TPSA) is 65.1 Å². The maximum absolute atomic E-state index is 12.5. The van der Waals surface area contributed by atoms with Crippen molar-refractivity contribution in [2.75, 3.05) is 27.4 Å². The van der Waals surface area contributed by atoms with Gasteiger partial charge in [0.1, 0.15) is 0 Å². The molecule has 0 spiro atoms. The summed E-state index contributed by atoms with van der Waals surface area (Å²) in [4.78, 5) is 26.4. The molecule has 0 saturated heterocycles. The molecule has 1 aromatic carbocycles.